The highest BCUT2D eigenvalue weighted by atomic mass is 32.2. The monoisotopic (exact) mass is 387 g/mol. The zero-order chi connectivity index (χ0) is 19.6. The zero-order valence-electron chi connectivity index (χ0n) is 13.5. The van der Waals surface area contributed by atoms with Crippen LogP contribution in [0.2, 0.25) is 0 Å². The molecule has 1 aliphatic heterocycles. The molecule has 27 heavy (non-hydrogen) atoms. The van der Waals surface area contributed by atoms with Gasteiger partial charge in [0.2, 0.25) is 5.91 Å². The van der Waals surface area contributed by atoms with E-state index in [1.54, 1.807) is 12.1 Å². The van der Waals surface area contributed by atoms with Gasteiger partial charge in [-0.05, 0) is 36.0 Å². The van der Waals surface area contributed by atoms with Gasteiger partial charge in [0, 0.05) is 11.8 Å². The van der Waals surface area contributed by atoms with E-state index >= 15 is 0 Å². The molecule has 9 nitrogen and oxygen atoms in total. The summed E-state index contributed by atoms with van der Waals surface area (Å²) in [5.41, 5.74) is -0.435. The first-order chi connectivity index (χ1) is 12.8. The minimum atomic E-state index is -1.43. The topological polar surface area (TPSA) is 140 Å². The SMILES string of the molecule is O=C(CN1C(=O)S/C(=C\c2ccco2)C1=O)Nc1ccc([O-])c(C(=O)O)c1. The standard InChI is InChI=1S/C17H12N2O7S/c20-12-4-3-9(6-11(12)16(23)24)18-14(21)8-19-15(22)13(27-17(19)25)7-10-2-1-5-26-10/h1-7,20H,8H2,(H,18,21)(H,23,24)/p-1/b13-7-. The van der Waals surface area contributed by atoms with Crippen molar-refractivity contribution in [3.63, 3.8) is 0 Å². The van der Waals surface area contributed by atoms with Crippen molar-refractivity contribution in [3.8, 4) is 5.75 Å². The van der Waals surface area contributed by atoms with Crippen molar-refractivity contribution >= 4 is 46.5 Å². The highest BCUT2D eigenvalue weighted by Gasteiger charge is 2.36. The summed E-state index contributed by atoms with van der Waals surface area (Å²) in [4.78, 5) is 48.3. The van der Waals surface area contributed by atoms with Crippen LogP contribution in [0.25, 0.3) is 6.08 Å². The number of imide groups is 1. The number of carbonyl (C=O) groups is 4. The van der Waals surface area contributed by atoms with Crippen LogP contribution in [0.1, 0.15) is 16.1 Å². The number of carboxylic acids is 1. The van der Waals surface area contributed by atoms with Gasteiger partial charge in [-0.3, -0.25) is 19.3 Å². The predicted molar refractivity (Wildman–Crippen MR) is 92.9 cm³/mol. The molecule has 0 atom stereocenters. The van der Waals surface area contributed by atoms with E-state index in [4.69, 9.17) is 9.52 Å². The molecular formula is C17H11N2O7S-. The minimum absolute atomic E-state index is 0.0649. The number of nitrogens with one attached hydrogen (secondary N) is 1. The van der Waals surface area contributed by atoms with E-state index in [0.29, 0.717) is 17.5 Å². The molecule has 0 spiro atoms. The van der Waals surface area contributed by atoms with Crippen molar-refractivity contribution in [3.05, 3.63) is 52.8 Å². The Hall–Kier alpha value is -3.53. The second-order valence-electron chi connectivity index (χ2n) is 5.35. The Morgan fingerprint density at radius 1 is 1.30 bits per heavy atom. The summed E-state index contributed by atoms with van der Waals surface area (Å²) >= 11 is 0.676. The molecule has 1 aromatic carbocycles. The molecule has 0 radical (unpaired) electrons. The lowest BCUT2D eigenvalue weighted by Gasteiger charge is -2.14. The lowest BCUT2D eigenvalue weighted by molar-refractivity contribution is -0.268. The fourth-order valence-corrected chi connectivity index (χ4v) is 3.08. The molecule has 10 heteroatoms. The van der Waals surface area contributed by atoms with Crippen LogP contribution in [0.3, 0.4) is 0 Å². The number of thioether (sulfide) groups is 1. The Morgan fingerprint density at radius 2 is 2.07 bits per heavy atom. The first kappa shape index (κ1) is 18.3. The Labute approximate surface area is 156 Å². The summed E-state index contributed by atoms with van der Waals surface area (Å²) in [6.45, 7) is -0.554. The summed E-state index contributed by atoms with van der Waals surface area (Å²) in [7, 11) is 0. The molecule has 138 valence electrons. The van der Waals surface area contributed by atoms with Crippen LogP contribution in [0.15, 0.2) is 45.9 Å². The van der Waals surface area contributed by atoms with Gasteiger partial charge in [-0.1, -0.05) is 11.8 Å². The van der Waals surface area contributed by atoms with Crippen LogP contribution in [-0.4, -0.2) is 39.6 Å². The third kappa shape index (κ3) is 4.01. The molecule has 3 amide bonds. The van der Waals surface area contributed by atoms with Crippen molar-refractivity contribution < 1.29 is 33.8 Å². The number of hydrogen-bond acceptors (Lipinski definition) is 7. The summed E-state index contributed by atoms with van der Waals surface area (Å²) in [6, 6.07) is 6.48. The van der Waals surface area contributed by atoms with Gasteiger partial charge in [-0.15, -0.1) is 0 Å². The largest absolute Gasteiger partial charge is 0.872 e. The van der Waals surface area contributed by atoms with Crippen molar-refractivity contribution in [2.45, 2.75) is 0 Å². The third-order valence-electron chi connectivity index (χ3n) is 3.49. The molecule has 2 N–H and O–H groups in total. The number of hydrogen-bond donors (Lipinski definition) is 2. The molecule has 1 saturated heterocycles. The lowest BCUT2D eigenvalue weighted by atomic mass is 10.2. The fourth-order valence-electron chi connectivity index (χ4n) is 2.26. The van der Waals surface area contributed by atoms with Gasteiger partial charge >= 0.3 is 5.97 Å². The van der Waals surface area contributed by atoms with E-state index in [1.807, 2.05) is 0 Å². The smallest absolute Gasteiger partial charge is 0.335 e. The van der Waals surface area contributed by atoms with Crippen LogP contribution < -0.4 is 10.4 Å². The maximum atomic E-state index is 12.3. The number of furan rings is 1. The summed E-state index contributed by atoms with van der Waals surface area (Å²) < 4.78 is 5.09. The minimum Gasteiger partial charge on any atom is -0.872 e. The average Bonchev–Trinajstić information content (AvgIpc) is 3.21. The van der Waals surface area contributed by atoms with Gasteiger partial charge in [-0.25, -0.2) is 4.79 Å². The van der Waals surface area contributed by atoms with Crippen LogP contribution >= 0.6 is 11.8 Å². The molecule has 3 rings (SSSR count). The maximum Gasteiger partial charge on any atom is 0.335 e. The fraction of sp³-hybridized carbons (Fsp3) is 0.0588. The van der Waals surface area contributed by atoms with E-state index in [-0.39, 0.29) is 10.6 Å². The number of nitrogens with zero attached hydrogens (tertiary/aromatic N) is 1. The number of carbonyl (C=O) groups excluding carboxylic acids is 3. The predicted octanol–water partition coefficient (Wildman–Crippen LogP) is 1.73. The average molecular weight is 387 g/mol. The van der Waals surface area contributed by atoms with Crippen LogP contribution in [-0.2, 0) is 9.59 Å². The number of aromatic carboxylic acids is 1. The molecule has 2 aromatic rings. The Kier molecular flexibility index (Phi) is 4.99. The van der Waals surface area contributed by atoms with Crippen molar-refractivity contribution in [2.75, 3.05) is 11.9 Å². The Bertz CT molecular complexity index is 966. The van der Waals surface area contributed by atoms with Crippen molar-refractivity contribution in [1.82, 2.24) is 4.90 Å². The number of anilines is 1. The van der Waals surface area contributed by atoms with E-state index in [0.717, 1.165) is 17.0 Å². The number of benzene rings is 1. The van der Waals surface area contributed by atoms with Gasteiger partial charge in [0.1, 0.15) is 12.3 Å². The normalized spacial score (nSPS) is 15.4. The molecule has 0 unspecified atom stereocenters. The van der Waals surface area contributed by atoms with E-state index in [2.05, 4.69) is 5.32 Å². The molecule has 0 saturated carbocycles. The van der Waals surface area contributed by atoms with Crippen LogP contribution in [0.5, 0.6) is 5.75 Å². The van der Waals surface area contributed by atoms with Gasteiger partial charge in [-0.2, -0.15) is 0 Å². The van der Waals surface area contributed by atoms with Crippen molar-refractivity contribution in [2.24, 2.45) is 0 Å². The highest BCUT2D eigenvalue weighted by molar-refractivity contribution is 8.18. The lowest BCUT2D eigenvalue weighted by Crippen LogP contribution is -2.36. The maximum absolute atomic E-state index is 12.3. The Balaban J connectivity index is 1.69. The molecular weight excluding hydrogens is 376 g/mol. The second-order valence-corrected chi connectivity index (χ2v) is 6.34. The number of rotatable bonds is 5. The van der Waals surface area contributed by atoms with Crippen LogP contribution in [0.4, 0.5) is 10.5 Å². The van der Waals surface area contributed by atoms with Gasteiger partial charge in [0.15, 0.2) is 0 Å². The van der Waals surface area contributed by atoms with E-state index in [1.165, 1.54) is 18.4 Å². The summed E-state index contributed by atoms with van der Waals surface area (Å²) in [5, 5.41) is 22.1. The summed E-state index contributed by atoms with van der Waals surface area (Å²) in [5.74, 6) is -3.09. The van der Waals surface area contributed by atoms with Gasteiger partial charge < -0.3 is 19.9 Å². The van der Waals surface area contributed by atoms with E-state index < -0.39 is 40.9 Å². The highest BCUT2D eigenvalue weighted by Crippen LogP contribution is 2.32. The number of carboxylic acid groups (broad SMARTS) is 1. The van der Waals surface area contributed by atoms with Gasteiger partial charge in [0.05, 0.1) is 16.7 Å². The van der Waals surface area contributed by atoms with Gasteiger partial charge in [0.25, 0.3) is 11.1 Å². The molecule has 0 aliphatic carbocycles. The molecule has 1 aromatic heterocycles. The molecule has 1 fully saturated rings. The number of amides is 3. The zero-order valence-corrected chi connectivity index (χ0v) is 14.3. The molecule has 1 aliphatic rings. The molecule has 2 heterocycles. The third-order valence-corrected chi connectivity index (χ3v) is 4.39. The summed E-state index contributed by atoms with van der Waals surface area (Å²) in [6.07, 6.45) is 2.82. The quantitative estimate of drug-likeness (QED) is 0.739. The first-order valence-corrected chi connectivity index (χ1v) is 8.30. The molecule has 0 bridgehead atoms. The van der Waals surface area contributed by atoms with E-state index in [9.17, 15) is 24.3 Å². The second kappa shape index (κ2) is 7.38. The van der Waals surface area contributed by atoms with Crippen molar-refractivity contribution in [1.29, 1.82) is 0 Å². The first-order valence-electron chi connectivity index (χ1n) is 7.48. The Morgan fingerprint density at radius 3 is 2.74 bits per heavy atom. The van der Waals surface area contributed by atoms with Crippen LogP contribution in [0, 0.1) is 0 Å².